The molecule has 0 atom stereocenters. The Morgan fingerprint density at radius 2 is 1.89 bits per heavy atom. The summed E-state index contributed by atoms with van der Waals surface area (Å²) in [6.07, 6.45) is 0. The van der Waals surface area contributed by atoms with Crippen LogP contribution in [0.2, 0.25) is 0 Å². The molecule has 1 aliphatic rings. The lowest BCUT2D eigenvalue weighted by atomic mass is 10.2. The zero-order valence-corrected chi connectivity index (χ0v) is 6.15. The maximum Gasteiger partial charge on any atom is 0.0626 e. The molecular formula is C6H15N3. The van der Waals surface area contributed by atoms with Gasteiger partial charge in [-0.15, -0.1) is 0 Å². The van der Waals surface area contributed by atoms with Crippen molar-refractivity contribution in [2.75, 3.05) is 19.9 Å². The SMILES string of the molecule is CC(C)CN1CNNC1. The molecule has 1 heterocycles. The van der Waals surface area contributed by atoms with E-state index in [1.165, 1.54) is 6.54 Å². The number of hydrogen-bond acceptors (Lipinski definition) is 3. The van der Waals surface area contributed by atoms with E-state index in [2.05, 4.69) is 29.6 Å². The zero-order valence-electron chi connectivity index (χ0n) is 6.15. The highest BCUT2D eigenvalue weighted by molar-refractivity contribution is 4.60. The summed E-state index contributed by atoms with van der Waals surface area (Å²) < 4.78 is 0. The van der Waals surface area contributed by atoms with Crippen LogP contribution in [0.1, 0.15) is 13.8 Å². The number of hydrogen-bond donors (Lipinski definition) is 2. The summed E-state index contributed by atoms with van der Waals surface area (Å²) in [6.45, 7) is 7.62. The molecule has 0 spiro atoms. The Morgan fingerprint density at radius 1 is 1.33 bits per heavy atom. The summed E-state index contributed by atoms with van der Waals surface area (Å²) in [5, 5.41) is 0. The lowest BCUT2D eigenvalue weighted by molar-refractivity contribution is 0.291. The Bertz CT molecular complexity index is 76.4. The van der Waals surface area contributed by atoms with E-state index >= 15 is 0 Å². The molecule has 2 N–H and O–H groups in total. The van der Waals surface area contributed by atoms with E-state index in [1.54, 1.807) is 0 Å². The van der Waals surface area contributed by atoms with E-state index in [9.17, 15) is 0 Å². The van der Waals surface area contributed by atoms with Crippen molar-refractivity contribution in [2.45, 2.75) is 13.8 Å². The second-order valence-corrected chi connectivity index (χ2v) is 2.92. The Labute approximate surface area is 56.4 Å². The molecule has 0 aliphatic carbocycles. The molecule has 0 aromatic rings. The standard InChI is InChI=1S/C6H15N3/c1-6(2)3-9-4-7-8-5-9/h6-8H,3-5H2,1-2H3. The van der Waals surface area contributed by atoms with E-state index in [0.29, 0.717) is 0 Å². The van der Waals surface area contributed by atoms with Gasteiger partial charge in [0.2, 0.25) is 0 Å². The van der Waals surface area contributed by atoms with Crippen molar-refractivity contribution in [1.29, 1.82) is 0 Å². The van der Waals surface area contributed by atoms with E-state index < -0.39 is 0 Å². The second-order valence-electron chi connectivity index (χ2n) is 2.92. The highest BCUT2D eigenvalue weighted by atomic mass is 15.5. The first-order valence-corrected chi connectivity index (χ1v) is 3.47. The van der Waals surface area contributed by atoms with Crippen LogP contribution in [0.5, 0.6) is 0 Å². The Hall–Kier alpha value is -0.120. The maximum absolute atomic E-state index is 3.05. The fourth-order valence-corrected chi connectivity index (χ4v) is 1.04. The van der Waals surface area contributed by atoms with Gasteiger partial charge < -0.3 is 0 Å². The molecule has 0 amide bonds. The minimum absolute atomic E-state index is 0.770. The molecule has 9 heavy (non-hydrogen) atoms. The smallest absolute Gasteiger partial charge is 0.0626 e. The van der Waals surface area contributed by atoms with E-state index in [0.717, 1.165) is 19.3 Å². The van der Waals surface area contributed by atoms with Gasteiger partial charge in [0.15, 0.2) is 0 Å². The summed E-state index contributed by atoms with van der Waals surface area (Å²) in [5.74, 6) is 0.770. The van der Waals surface area contributed by atoms with Crippen molar-refractivity contribution in [3.8, 4) is 0 Å². The molecule has 0 saturated carbocycles. The lowest BCUT2D eigenvalue weighted by Gasteiger charge is -2.14. The summed E-state index contributed by atoms with van der Waals surface area (Å²) in [6, 6.07) is 0. The quantitative estimate of drug-likeness (QED) is 0.548. The van der Waals surface area contributed by atoms with Crippen LogP contribution in [0, 0.1) is 5.92 Å². The predicted octanol–water partition coefficient (Wildman–Crippen LogP) is -0.0328. The van der Waals surface area contributed by atoms with Gasteiger partial charge in [-0.1, -0.05) is 13.8 Å². The van der Waals surface area contributed by atoms with Crippen molar-refractivity contribution in [1.82, 2.24) is 15.8 Å². The van der Waals surface area contributed by atoms with Gasteiger partial charge in [-0.3, -0.25) is 4.90 Å². The summed E-state index contributed by atoms with van der Waals surface area (Å²) in [7, 11) is 0. The van der Waals surface area contributed by atoms with Crippen molar-refractivity contribution in [3.63, 3.8) is 0 Å². The molecule has 0 radical (unpaired) electrons. The van der Waals surface area contributed by atoms with Crippen molar-refractivity contribution in [3.05, 3.63) is 0 Å². The average molecular weight is 129 g/mol. The van der Waals surface area contributed by atoms with Crippen LogP contribution in [0.25, 0.3) is 0 Å². The molecule has 1 rings (SSSR count). The minimum Gasteiger partial charge on any atom is -0.275 e. The van der Waals surface area contributed by atoms with Gasteiger partial charge in [-0.2, -0.15) is 0 Å². The summed E-state index contributed by atoms with van der Waals surface area (Å²) >= 11 is 0. The van der Waals surface area contributed by atoms with Crippen LogP contribution in [0.4, 0.5) is 0 Å². The Kier molecular flexibility index (Phi) is 2.45. The Morgan fingerprint density at radius 3 is 2.33 bits per heavy atom. The van der Waals surface area contributed by atoms with Gasteiger partial charge in [0.25, 0.3) is 0 Å². The first kappa shape index (κ1) is 6.99. The Balaban J connectivity index is 2.11. The molecule has 1 saturated heterocycles. The molecule has 1 fully saturated rings. The molecule has 0 aromatic heterocycles. The monoisotopic (exact) mass is 129 g/mol. The van der Waals surface area contributed by atoms with Gasteiger partial charge in [0, 0.05) is 6.54 Å². The van der Waals surface area contributed by atoms with E-state index in [4.69, 9.17) is 0 Å². The van der Waals surface area contributed by atoms with Gasteiger partial charge in [-0.25, -0.2) is 10.9 Å². The topological polar surface area (TPSA) is 27.3 Å². The van der Waals surface area contributed by atoms with Gasteiger partial charge >= 0.3 is 0 Å². The molecule has 54 valence electrons. The number of nitrogens with zero attached hydrogens (tertiary/aromatic N) is 1. The third-order valence-electron chi connectivity index (χ3n) is 1.35. The van der Waals surface area contributed by atoms with Crippen molar-refractivity contribution in [2.24, 2.45) is 5.92 Å². The van der Waals surface area contributed by atoms with Gasteiger partial charge in [0.05, 0.1) is 13.3 Å². The largest absolute Gasteiger partial charge is 0.275 e. The number of nitrogens with one attached hydrogen (secondary N) is 2. The number of rotatable bonds is 2. The third-order valence-corrected chi connectivity index (χ3v) is 1.35. The van der Waals surface area contributed by atoms with Gasteiger partial charge in [0.1, 0.15) is 0 Å². The van der Waals surface area contributed by atoms with Crippen LogP contribution in [-0.4, -0.2) is 24.8 Å². The molecule has 1 aliphatic heterocycles. The molecule has 0 aromatic carbocycles. The maximum atomic E-state index is 3.05. The number of hydrazine groups is 1. The molecule has 3 heteroatoms. The normalized spacial score (nSPS) is 21.7. The van der Waals surface area contributed by atoms with Crippen molar-refractivity contribution < 1.29 is 0 Å². The third kappa shape index (κ3) is 2.30. The molecule has 0 unspecified atom stereocenters. The first-order valence-electron chi connectivity index (χ1n) is 3.47. The highest BCUT2D eigenvalue weighted by Gasteiger charge is 2.10. The average Bonchev–Trinajstić information content (AvgIpc) is 2.15. The minimum atomic E-state index is 0.770. The van der Waals surface area contributed by atoms with Crippen LogP contribution in [0.15, 0.2) is 0 Å². The zero-order chi connectivity index (χ0) is 6.69. The van der Waals surface area contributed by atoms with Crippen LogP contribution >= 0.6 is 0 Å². The fraction of sp³-hybridized carbons (Fsp3) is 1.00. The van der Waals surface area contributed by atoms with Crippen LogP contribution in [0.3, 0.4) is 0 Å². The molecular weight excluding hydrogens is 114 g/mol. The van der Waals surface area contributed by atoms with Crippen molar-refractivity contribution >= 4 is 0 Å². The first-order chi connectivity index (χ1) is 4.29. The highest BCUT2D eigenvalue weighted by Crippen LogP contribution is 1.97. The summed E-state index contributed by atoms with van der Waals surface area (Å²) in [5.41, 5.74) is 6.11. The van der Waals surface area contributed by atoms with Crippen LogP contribution in [-0.2, 0) is 0 Å². The molecule has 3 nitrogen and oxygen atoms in total. The van der Waals surface area contributed by atoms with E-state index in [1.807, 2.05) is 0 Å². The molecule has 0 bridgehead atoms. The second kappa shape index (κ2) is 3.15. The predicted molar refractivity (Wildman–Crippen MR) is 37.5 cm³/mol. The lowest BCUT2D eigenvalue weighted by Crippen LogP contribution is -2.26. The van der Waals surface area contributed by atoms with E-state index in [-0.39, 0.29) is 0 Å². The van der Waals surface area contributed by atoms with Crippen LogP contribution < -0.4 is 10.9 Å². The van der Waals surface area contributed by atoms with Gasteiger partial charge in [-0.05, 0) is 5.92 Å². The fourth-order valence-electron chi connectivity index (χ4n) is 1.04. The summed E-state index contributed by atoms with van der Waals surface area (Å²) in [4.78, 5) is 2.34.